The molecule has 3 nitrogen and oxygen atoms in total. The molecule has 1 rings (SSSR count). The number of hydrogen-bond acceptors (Lipinski definition) is 3. The molecule has 0 aromatic heterocycles. The number of esters is 1. The van der Waals surface area contributed by atoms with Crippen molar-refractivity contribution in [1.82, 2.24) is 0 Å². The molecule has 5 heteroatoms. The summed E-state index contributed by atoms with van der Waals surface area (Å²) in [5, 5.41) is 0.925. The van der Waals surface area contributed by atoms with Gasteiger partial charge < -0.3 is 10.5 Å². The van der Waals surface area contributed by atoms with Gasteiger partial charge in [-0.05, 0) is 19.1 Å². The van der Waals surface area contributed by atoms with Crippen LogP contribution in [0.1, 0.15) is 24.9 Å². The van der Waals surface area contributed by atoms with Crippen molar-refractivity contribution in [3.05, 3.63) is 33.8 Å². The van der Waals surface area contributed by atoms with Gasteiger partial charge in [0.1, 0.15) is 0 Å². The first-order valence-electron chi connectivity index (χ1n) is 4.91. The Labute approximate surface area is 104 Å². The molecular weight excluding hydrogens is 249 g/mol. The third-order valence-corrected chi connectivity index (χ3v) is 2.72. The monoisotopic (exact) mass is 261 g/mol. The molecule has 1 aromatic rings. The Morgan fingerprint density at radius 1 is 1.44 bits per heavy atom. The lowest BCUT2D eigenvalue weighted by Gasteiger charge is -2.14. The standard InChI is InChI=1S/C11H13Cl2NO2/c1-2-16-10(15)6-9(14)11-7(12)4-3-5-8(11)13/h3-5,9H,2,6,14H2,1H3/t9-/m0/s1. The Balaban J connectivity index is 2.80. The largest absolute Gasteiger partial charge is 0.466 e. The summed E-state index contributed by atoms with van der Waals surface area (Å²) in [5.41, 5.74) is 6.44. The number of hydrogen-bond donors (Lipinski definition) is 1. The van der Waals surface area contributed by atoms with E-state index in [1.807, 2.05) is 0 Å². The van der Waals surface area contributed by atoms with E-state index in [0.29, 0.717) is 22.2 Å². The van der Waals surface area contributed by atoms with E-state index in [1.54, 1.807) is 25.1 Å². The van der Waals surface area contributed by atoms with Crippen LogP contribution in [-0.2, 0) is 9.53 Å². The van der Waals surface area contributed by atoms with E-state index in [-0.39, 0.29) is 12.4 Å². The van der Waals surface area contributed by atoms with Gasteiger partial charge in [0, 0.05) is 21.7 Å². The summed E-state index contributed by atoms with van der Waals surface area (Å²) >= 11 is 11.9. The smallest absolute Gasteiger partial charge is 0.307 e. The van der Waals surface area contributed by atoms with E-state index in [4.69, 9.17) is 33.7 Å². The van der Waals surface area contributed by atoms with Gasteiger partial charge in [0.05, 0.1) is 13.0 Å². The van der Waals surface area contributed by atoms with Gasteiger partial charge in [-0.1, -0.05) is 29.3 Å². The van der Waals surface area contributed by atoms with Crippen LogP contribution in [0.25, 0.3) is 0 Å². The normalized spacial score (nSPS) is 12.2. The number of rotatable bonds is 4. The number of carbonyl (C=O) groups excluding carboxylic acids is 1. The molecule has 0 radical (unpaired) electrons. The Hall–Kier alpha value is -0.770. The van der Waals surface area contributed by atoms with Crippen LogP contribution in [0.5, 0.6) is 0 Å². The van der Waals surface area contributed by atoms with Gasteiger partial charge in [0.15, 0.2) is 0 Å². The lowest BCUT2D eigenvalue weighted by molar-refractivity contribution is -0.143. The summed E-state index contributed by atoms with van der Waals surface area (Å²) in [6.07, 6.45) is 0.0668. The predicted octanol–water partition coefficient (Wildman–Crippen LogP) is 2.95. The Morgan fingerprint density at radius 3 is 2.50 bits per heavy atom. The molecule has 0 spiro atoms. The van der Waals surface area contributed by atoms with Crippen molar-refractivity contribution < 1.29 is 9.53 Å². The van der Waals surface area contributed by atoms with Gasteiger partial charge in [-0.15, -0.1) is 0 Å². The van der Waals surface area contributed by atoms with Gasteiger partial charge in [-0.2, -0.15) is 0 Å². The van der Waals surface area contributed by atoms with E-state index in [2.05, 4.69) is 0 Å². The van der Waals surface area contributed by atoms with E-state index in [0.717, 1.165) is 0 Å². The summed E-state index contributed by atoms with van der Waals surface area (Å²) in [6.45, 7) is 2.08. The molecule has 0 aliphatic rings. The summed E-state index contributed by atoms with van der Waals surface area (Å²) in [4.78, 5) is 11.3. The van der Waals surface area contributed by atoms with Crippen LogP contribution in [-0.4, -0.2) is 12.6 Å². The van der Waals surface area contributed by atoms with Gasteiger partial charge in [-0.25, -0.2) is 0 Å². The second-order valence-corrected chi connectivity index (χ2v) is 4.07. The molecule has 0 unspecified atom stereocenters. The average molecular weight is 262 g/mol. The highest BCUT2D eigenvalue weighted by Gasteiger charge is 2.17. The highest BCUT2D eigenvalue weighted by molar-refractivity contribution is 6.36. The first-order chi connectivity index (χ1) is 7.56. The molecule has 1 atom stereocenters. The van der Waals surface area contributed by atoms with Gasteiger partial charge in [0.2, 0.25) is 0 Å². The first kappa shape index (κ1) is 13.3. The van der Waals surface area contributed by atoms with Crippen LogP contribution in [0.2, 0.25) is 10.0 Å². The summed E-state index contributed by atoms with van der Waals surface area (Å²) in [6, 6.07) is 4.56. The molecule has 0 aliphatic carbocycles. The maximum atomic E-state index is 11.3. The Morgan fingerprint density at radius 2 is 2.00 bits per heavy atom. The van der Waals surface area contributed by atoms with Crippen molar-refractivity contribution in [3.63, 3.8) is 0 Å². The molecule has 2 N–H and O–H groups in total. The highest BCUT2D eigenvalue weighted by atomic mass is 35.5. The SMILES string of the molecule is CCOC(=O)C[C@H](N)c1c(Cl)cccc1Cl. The zero-order valence-corrected chi connectivity index (χ0v) is 10.4. The van der Waals surface area contributed by atoms with Crippen LogP contribution in [0, 0.1) is 0 Å². The minimum Gasteiger partial charge on any atom is -0.466 e. The van der Waals surface area contributed by atoms with Crippen molar-refractivity contribution in [2.75, 3.05) is 6.61 Å². The maximum Gasteiger partial charge on any atom is 0.307 e. The zero-order chi connectivity index (χ0) is 12.1. The molecule has 0 saturated heterocycles. The number of benzene rings is 1. The lowest BCUT2D eigenvalue weighted by Crippen LogP contribution is -2.18. The number of carbonyl (C=O) groups is 1. The number of halogens is 2. The van der Waals surface area contributed by atoms with Crippen LogP contribution >= 0.6 is 23.2 Å². The molecule has 0 aliphatic heterocycles. The van der Waals surface area contributed by atoms with Crippen molar-refractivity contribution in [2.24, 2.45) is 5.73 Å². The number of ether oxygens (including phenoxy) is 1. The molecule has 88 valence electrons. The topological polar surface area (TPSA) is 52.3 Å². The van der Waals surface area contributed by atoms with Crippen LogP contribution < -0.4 is 5.73 Å². The van der Waals surface area contributed by atoms with Crippen molar-refractivity contribution >= 4 is 29.2 Å². The molecule has 0 saturated carbocycles. The third-order valence-electron chi connectivity index (χ3n) is 2.06. The molecule has 0 heterocycles. The Bertz CT molecular complexity index is 362. The fourth-order valence-corrected chi connectivity index (χ4v) is 2.04. The third kappa shape index (κ3) is 3.37. The van der Waals surface area contributed by atoms with E-state index in [1.165, 1.54) is 0 Å². The van der Waals surface area contributed by atoms with Gasteiger partial charge in [0.25, 0.3) is 0 Å². The minimum atomic E-state index is -0.541. The van der Waals surface area contributed by atoms with Crippen molar-refractivity contribution in [3.8, 4) is 0 Å². The Kier molecular flexibility index (Phi) is 5.06. The van der Waals surface area contributed by atoms with Gasteiger partial charge >= 0.3 is 5.97 Å². The predicted molar refractivity (Wildman–Crippen MR) is 64.6 cm³/mol. The first-order valence-corrected chi connectivity index (χ1v) is 5.67. The summed E-state index contributed by atoms with van der Waals surface area (Å²) < 4.78 is 4.81. The highest BCUT2D eigenvalue weighted by Crippen LogP contribution is 2.30. The van der Waals surface area contributed by atoms with Crippen molar-refractivity contribution in [2.45, 2.75) is 19.4 Å². The summed E-state index contributed by atoms with van der Waals surface area (Å²) in [7, 11) is 0. The fraction of sp³-hybridized carbons (Fsp3) is 0.364. The lowest BCUT2D eigenvalue weighted by atomic mass is 10.0. The van der Waals surface area contributed by atoms with E-state index in [9.17, 15) is 4.79 Å². The second kappa shape index (κ2) is 6.09. The molecule has 16 heavy (non-hydrogen) atoms. The molecule has 0 fully saturated rings. The average Bonchev–Trinajstić information content (AvgIpc) is 2.17. The van der Waals surface area contributed by atoms with E-state index >= 15 is 0 Å². The van der Waals surface area contributed by atoms with Crippen LogP contribution in [0.4, 0.5) is 0 Å². The molecule has 0 amide bonds. The molecule has 1 aromatic carbocycles. The van der Waals surface area contributed by atoms with Crippen molar-refractivity contribution in [1.29, 1.82) is 0 Å². The summed E-state index contributed by atoms with van der Waals surface area (Å²) in [5.74, 6) is -0.356. The van der Waals surface area contributed by atoms with E-state index < -0.39 is 6.04 Å². The minimum absolute atomic E-state index is 0.0668. The maximum absolute atomic E-state index is 11.3. The van der Waals surface area contributed by atoms with Crippen LogP contribution in [0.15, 0.2) is 18.2 Å². The molecular formula is C11H13Cl2NO2. The second-order valence-electron chi connectivity index (χ2n) is 3.25. The molecule has 0 bridgehead atoms. The van der Waals surface area contributed by atoms with Crippen LogP contribution in [0.3, 0.4) is 0 Å². The zero-order valence-electron chi connectivity index (χ0n) is 8.87. The quantitative estimate of drug-likeness (QED) is 0.849. The fourth-order valence-electron chi connectivity index (χ4n) is 1.37. The van der Waals surface area contributed by atoms with Gasteiger partial charge in [-0.3, -0.25) is 4.79 Å². The number of nitrogens with two attached hydrogens (primary N) is 1.